The van der Waals surface area contributed by atoms with Crippen LogP contribution in [-0.2, 0) is 19.9 Å². The standard InChI is InChI=1S/C14H16N2.BrH/c1-3-7-13-11-15-14(16(13)2)10-12-8-5-4-6-9-12;/h3-6,8-9,11H,1,7,10H2,2H3;1H. The highest BCUT2D eigenvalue weighted by Crippen LogP contribution is 2.10. The van der Waals surface area contributed by atoms with Crippen molar-refractivity contribution in [1.82, 2.24) is 9.55 Å². The van der Waals surface area contributed by atoms with Gasteiger partial charge in [-0.1, -0.05) is 36.4 Å². The zero-order valence-electron chi connectivity index (χ0n) is 9.97. The minimum Gasteiger partial charge on any atom is -0.335 e. The summed E-state index contributed by atoms with van der Waals surface area (Å²) in [6.45, 7) is 3.75. The number of aromatic nitrogens is 2. The van der Waals surface area contributed by atoms with Crippen molar-refractivity contribution in [3.63, 3.8) is 0 Å². The Balaban J connectivity index is 0.00000144. The van der Waals surface area contributed by atoms with Crippen molar-refractivity contribution in [3.8, 4) is 0 Å². The van der Waals surface area contributed by atoms with Gasteiger partial charge in [-0.3, -0.25) is 0 Å². The molecule has 2 rings (SSSR count). The van der Waals surface area contributed by atoms with Crippen LogP contribution in [0.4, 0.5) is 0 Å². The smallest absolute Gasteiger partial charge is 0.113 e. The highest BCUT2D eigenvalue weighted by molar-refractivity contribution is 8.93. The van der Waals surface area contributed by atoms with Crippen LogP contribution in [0.15, 0.2) is 49.2 Å². The molecule has 2 aromatic rings. The van der Waals surface area contributed by atoms with Gasteiger partial charge in [-0.25, -0.2) is 4.98 Å². The Morgan fingerprint density at radius 3 is 2.65 bits per heavy atom. The summed E-state index contributed by atoms with van der Waals surface area (Å²) in [4.78, 5) is 4.44. The number of nitrogens with zero attached hydrogens (tertiary/aromatic N) is 2. The Hall–Kier alpha value is -1.35. The summed E-state index contributed by atoms with van der Waals surface area (Å²) in [5, 5.41) is 0. The fourth-order valence-corrected chi connectivity index (χ4v) is 1.77. The van der Waals surface area contributed by atoms with E-state index in [1.165, 1.54) is 11.3 Å². The van der Waals surface area contributed by atoms with E-state index >= 15 is 0 Å². The van der Waals surface area contributed by atoms with Crippen molar-refractivity contribution in [3.05, 3.63) is 66.3 Å². The summed E-state index contributed by atoms with van der Waals surface area (Å²) >= 11 is 0. The number of halogens is 1. The molecule has 90 valence electrons. The van der Waals surface area contributed by atoms with Crippen molar-refractivity contribution >= 4 is 17.0 Å². The van der Waals surface area contributed by atoms with Crippen molar-refractivity contribution in [2.45, 2.75) is 12.8 Å². The molecule has 0 fully saturated rings. The van der Waals surface area contributed by atoms with E-state index in [1.807, 2.05) is 18.3 Å². The molecule has 0 saturated carbocycles. The Kier molecular flexibility index (Phi) is 5.16. The van der Waals surface area contributed by atoms with Crippen LogP contribution in [0.25, 0.3) is 0 Å². The maximum Gasteiger partial charge on any atom is 0.113 e. The molecule has 3 heteroatoms. The summed E-state index contributed by atoms with van der Waals surface area (Å²) in [5.74, 6) is 1.10. The summed E-state index contributed by atoms with van der Waals surface area (Å²) < 4.78 is 2.15. The van der Waals surface area contributed by atoms with E-state index in [4.69, 9.17) is 0 Å². The number of imidazole rings is 1. The third kappa shape index (κ3) is 3.30. The zero-order valence-corrected chi connectivity index (χ0v) is 11.7. The van der Waals surface area contributed by atoms with Gasteiger partial charge in [-0.05, 0) is 5.56 Å². The average molecular weight is 293 g/mol. The second kappa shape index (κ2) is 6.40. The molecule has 1 aromatic heterocycles. The topological polar surface area (TPSA) is 17.8 Å². The molecule has 0 bridgehead atoms. The molecule has 0 N–H and O–H groups in total. The summed E-state index contributed by atoms with van der Waals surface area (Å²) in [5.41, 5.74) is 2.50. The Bertz CT molecular complexity index is 474. The Morgan fingerprint density at radius 1 is 1.29 bits per heavy atom. The summed E-state index contributed by atoms with van der Waals surface area (Å²) in [6, 6.07) is 10.4. The van der Waals surface area contributed by atoms with E-state index in [1.54, 1.807) is 0 Å². The fraction of sp³-hybridized carbons (Fsp3) is 0.214. The van der Waals surface area contributed by atoms with Crippen molar-refractivity contribution in [2.24, 2.45) is 7.05 Å². The van der Waals surface area contributed by atoms with Crippen molar-refractivity contribution in [1.29, 1.82) is 0 Å². The number of allylic oxidation sites excluding steroid dienone is 1. The first kappa shape index (κ1) is 13.7. The van der Waals surface area contributed by atoms with Crippen LogP contribution < -0.4 is 0 Å². The van der Waals surface area contributed by atoms with Gasteiger partial charge in [0.15, 0.2) is 0 Å². The largest absolute Gasteiger partial charge is 0.335 e. The highest BCUT2D eigenvalue weighted by atomic mass is 79.9. The van der Waals surface area contributed by atoms with Gasteiger partial charge in [-0.15, -0.1) is 23.6 Å². The van der Waals surface area contributed by atoms with Crippen LogP contribution in [0.2, 0.25) is 0 Å². The van der Waals surface area contributed by atoms with E-state index < -0.39 is 0 Å². The molecule has 0 aliphatic rings. The number of rotatable bonds is 4. The molecule has 0 aliphatic heterocycles. The third-order valence-corrected chi connectivity index (χ3v) is 2.74. The lowest BCUT2D eigenvalue weighted by atomic mass is 10.1. The quantitative estimate of drug-likeness (QED) is 0.791. The van der Waals surface area contributed by atoms with E-state index in [0.29, 0.717) is 0 Å². The van der Waals surface area contributed by atoms with Crippen LogP contribution in [0.1, 0.15) is 17.1 Å². The number of hydrogen-bond acceptors (Lipinski definition) is 1. The van der Waals surface area contributed by atoms with E-state index in [9.17, 15) is 0 Å². The second-order valence-electron chi connectivity index (χ2n) is 3.88. The fourth-order valence-electron chi connectivity index (χ4n) is 1.77. The molecule has 0 radical (unpaired) electrons. The van der Waals surface area contributed by atoms with Gasteiger partial charge < -0.3 is 4.57 Å². The zero-order chi connectivity index (χ0) is 11.4. The van der Waals surface area contributed by atoms with Gasteiger partial charge in [0.05, 0.1) is 0 Å². The molecule has 2 nitrogen and oxygen atoms in total. The van der Waals surface area contributed by atoms with Crippen LogP contribution >= 0.6 is 17.0 Å². The molecule has 0 unspecified atom stereocenters. The first-order chi connectivity index (χ1) is 7.81. The Labute approximate surface area is 113 Å². The third-order valence-electron chi connectivity index (χ3n) is 2.74. The van der Waals surface area contributed by atoms with Gasteiger partial charge in [0.25, 0.3) is 0 Å². The molecule has 0 atom stereocenters. The van der Waals surface area contributed by atoms with Crippen LogP contribution in [0.3, 0.4) is 0 Å². The molecular formula is C14H17BrN2. The lowest BCUT2D eigenvalue weighted by Crippen LogP contribution is -2.02. The lowest BCUT2D eigenvalue weighted by Gasteiger charge is -2.04. The van der Waals surface area contributed by atoms with Gasteiger partial charge >= 0.3 is 0 Å². The lowest BCUT2D eigenvalue weighted by molar-refractivity contribution is 0.785. The van der Waals surface area contributed by atoms with Crippen LogP contribution in [0, 0.1) is 0 Å². The normalized spacial score (nSPS) is 9.71. The predicted molar refractivity (Wildman–Crippen MR) is 76.7 cm³/mol. The van der Waals surface area contributed by atoms with Gasteiger partial charge in [-0.2, -0.15) is 0 Å². The average Bonchev–Trinajstić information content (AvgIpc) is 2.64. The molecule has 0 saturated heterocycles. The molecule has 0 amide bonds. The number of hydrogen-bond donors (Lipinski definition) is 0. The summed E-state index contributed by atoms with van der Waals surface area (Å²) in [6.07, 6.45) is 5.59. The summed E-state index contributed by atoms with van der Waals surface area (Å²) in [7, 11) is 2.06. The van der Waals surface area contributed by atoms with E-state index in [0.717, 1.165) is 18.7 Å². The van der Waals surface area contributed by atoms with Crippen LogP contribution in [0.5, 0.6) is 0 Å². The first-order valence-electron chi connectivity index (χ1n) is 5.45. The van der Waals surface area contributed by atoms with Crippen molar-refractivity contribution < 1.29 is 0 Å². The molecule has 1 aromatic carbocycles. The minimum absolute atomic E-state index is 0. The van der Waals surface area contributed by atoms with Gasteiger partial charge in [0.2, 0.25) is 0 Å². The predicted octanol–water partition coefficient (Wildman–Crippen LogP) is 3.32. The maximum absolute atomic E-state index is 4.44. The molecule has 0 spiro atoms. The van der Waals surface area contributed by atoms with Crippen LogP contribution in [-0.4, -0.2) is 9.55 Å². The first-order valence-corrected chi connectivity index (χ1v) is 5.45. The monoisotopic (exact) mass is 292 g/mol. The molecule has 17 heavy (non-hydrogen) atoms. The highest BCUT2D eigenvalue weighted by Gasteiger charge is 2.05. The van der Waals surface area contributed by atoms with Gasteiger partial charge in [0.1, 0.15) is 5.82 Å². The number of benzene rings is 1. The Morgan fingerprint density at radius 2 is 2.00 bits per heavy atom. The molecule has 0 aliphatic carbocycles. The molecular weight excluding hydrogens is 276 g/mol. The minimum atomic E-state index is 0. The van der Waals surface area contributed by atoms with Crippen molar-refractivity contribution in [2.75, 3.05) is 0 Å². The van der Waals surface area contributed by atoms with E-state index in [2.05, 4.69) is 47.4 Å². The van der Waals surface area contributed by atoms with E-state index in [-0.39, 0.29) is 17.0 Å². The second-order valence-corrected chi connectivity index (χ2v) is 3.88. The van der Waals surface area contributed by atoms with Gasteiger partial charge in [0, 0.05) is 31.8 Å². The molecule has 1 heterocycles. The maximum atomic E-state index is 4.44. The SMILES string of the molecule is Br.C=CCc1cnc(Cc2ccccc2)n1C.